The van der Waals surface area contributed by atoms with Crippen molar-refractivity contribution in [2.75, 3.05) is 13.1 Å². The lowest BCUT2D eigenvalue weighted by Gasteiger charge is -2.29. The number of nitrogens with one attached hydrogen (secondary N) is 2. The molecular formula is C14H18Cl2N2. The SMILES string of the molecule is CCC[C@]1(C(=N)c2ccc(Cl)c(Cl)c2)CCNC1. The van der Waals surface area contributed by atoms with Crippen LogP contribution in [0, 0.1) is 10.8 Å². The van der Waals surface area contributed by atoms with Crippen LogP contribution >= 0.6 is 23.2 Å². The summed E-state index contributed by atoms with van der Waals surface area (Å²) in [6, 6.07) is 5.48. The van der Waals surface area contributed by atoms with E-state index in [1.807, 2.05) is 12.1 Å². The second-order valence-corrected chi connectivity index (χ2v) is 5.78. The van der Waals surface area contributed by atoms with Gasteiger partial charge in [0.25, 0.3) is 0 Å². The van der Waals surface area contributed by atoms with Gasteiger partial charge < -0.3 is 10.7 Å². The van der Waals surface area contributed by atoms with E-state index in [2.05, 4.69) is 12.2 Å². The molecule has 1 aromatic rings. The third-order valence-corrected chi connectivity index (χ3v) is 4.45. The standard InChI is InChI=1S/C14H18Cl2N2/c1-2-5-14(6-7-18-9-14)13(17)10-3-4-11(15)12(16)8-10/h3-4,8,17-18H,2,5-7,9H2,1H3/t14-/m0/s1. The lowest BCUT2D eigenvalue weighted by molar-refractivity contribution is 0.420. The highest BCUT2D eigenvalue weighted by Crippen LogP contribution is 2.36. The van der Waals surface area contributed by atoms with Crippen LogP contribution in [0.1, 0.15) is 31.7 Å². The molecule has 0 saturated carbocycles. The zero-order valence-corrected chi connectivity index (χ0v) is 12.0. The van der Waals surface area contributed by atoms with Crippen LogP contribution in [-0.4, -0.2) is 18.8 Å². The van der Waals surface area contributed by atoms with Crippen LogP contribution in [0.4, 0.5) is 0 Å². The average Bonchev–Trinajstić information content (AvgIpc) is 2.82. The highest BCUT2D eigenvalue weighted by molar-refractivity contribution is 6.42. The first-order chi connectivity index (χ1) is 8.59. The van der Waals surface area contributed by atoms with E-state index >= 15 is 0 Å². The lowest BCUT2D eigenvalue weighted by atomic mass is 9.75. The molecule has 0 amide bonds. The summed E-state index contributed by atoms with van der Waals surface area (Å²) in [6.45, 7) is 4.05. The Bertz CT molecular complexity index is 451. The van der Waals surface area contributed by atoms with Gasteiger partial charge in [0.15, 0.2) is 0 Å². The molecule has 0 spiro atoms. The van der Waals surface area contributed by atoms with Gasteiger partial charge in [0, 0.05) is 17.7 Å². The normalized spacial score (nSPS) is 23.3. The molecule has 0 bridgehead atoms. The zero-order chi connectivity index (χ0) is 13.2. The smallest absolute Gasteiger partial charge is 0.0598 e. The Labute approximate surface area is 118 Å². The van der Waals surface area contributed by atoms with Crippen molar-refractivity contribution in [2.45, 2.75) is 26.2 Å². The molecule has 18 heavy (non-hydrogen) atoms. The molecule has 0 unspecified atom stereocenters. The first-order valence-corrected chi connectivity index (χ1v) is 7.10. The zero-order valence-electron chi connectivity index (χ0n) is 10.5. The predicted molar refractivity (Wildman–Crippen MR) is 78.1 cm³/mol. The first kappa shape index (κ1) is 13.9. The second-order valence-electron chi connectivity index (χ2n) is 4.96. The Kier molecular flexibility index (Phi) is 4.31. The first-order valence-electron chi connectivity index (χ1n) is 6.34. The molecule has 1 atom stereocenters. The fourth-order valence-corrected chi connectivity index (χ4v) is 3.03. The van der Waals surface area contributed by atoms with Gasteiger partial charge in [-0.1, -0.05) is 42.6 Å². The molecule has 1 aromatic carbocycles. The quantitative estimate of drug-likeness (QED) is 0.801. The van der Waals surface area contributed by atoms with E-state index in [1.165, 1.54) is 0 Å². The van der Waals surface area contributed by atoms with Crippen LogP contribution in [0.3, 0.4) is 0 Å². The van der Waals surface area contributed by atoms with Crippen molar-refractivity contribution in [3.8, 4) is 0 Å². The van der Waals surface area contributed by atoms with Gasteiger partial charge in [-0.25, -0.2) is 0 Å². The van der Waals surface area contributed by atoms with Crippen molar-refractivity contribution >= 4 is 28.9 Å². The van der Waals surface area contributed by atoms with Gasteiger partial charge in [0.1, 0.15) is 0 Å². The Hall–Kier alpha value is -0.570. The van der Waals surface area contributed by atoms with Crippen LogP contribution in [0.15, 0.2) is 18.2 Å². The van der Waals surface area contributed by atoms with Crippen molar-refractivity contribution in [3.05, 3.63) is 33.8 Å². The van der Waals surface area contributed by atoms with E-state index in [-0.39, 0.29) is 5.41 Å². The largest absolute Gasteiger partial charge is 0.316 e. The van der Waals surface area contributed by atoms with Crippen LogP contribution in [-0.2, 0) is 0 Å². The molecule has 0 aromatic heterocycles. The van der Waals surface area contributed by atoms with Crippen molar-refractivity contribution in [1.29, 1.82) is 5.41 Å². The maximum absolute atomic E-state index is 8.50. The van der Waals surface area contributed by atoms with Gasteiger partial charge >= 0.3 is 0 Å². The maximum atomic E-state index is 8.50. The Morgan fingerprint density at radius 3 is 2.72 bits per heavy atom. The molecule has 0 aliphatic carbocycles. The molecule has 2 rings (SSSR count). The molecule has 1 aliphatic rings. The minimum atomic E-state index is -0.0358. The Balaban J connectivity index is 2.30. The van der Waals surface area contributed by atoms with Crippen LogP contribution < -0.4 is 5.32 Å². The van der Waals surface area contributed by atoms with E-state index in [0.29, 0.717) is 15.8 Å². The van der Waals surface area contributed by atoms with Gasteiger partial charge in [-0.2, -0.15) is 0 Å². The Morgan fingerprint density at radius 1 is 1.39 bits per heavy atom. The van der Waals surface area contributed by atoms with Gasteiger partial charge in [-0.15, -0.1) is 0 Å². The minimum absolute atomic E-state index is 0.0358. The summed E-state index contributed by atoms with van der Waals surface area (Å²) < 4.78 is 0. The fraction of sp³-hybridized carbons (Fsp3) is 0.500. The maximum Gasteiger partial charge on any atom is 0.0598 e. The van der Waals surface area contributed by atoms with Gasteiger partial charge in [-0.3, -0.25) is 0 Å². The number of benzene rings is 1. The third kappa shape index (κ3) is 2.56. The van der Waals surface area contributed by atoms with Crippen molar-refractivity contribution in [1.82, 2.24) is 5.32 Å². The summed E-state index contributed by atoms with van der Waals surface area (Å²) in [5.74, 6) is 0. The predicted octanol–water partition coefficient (Wildman–Crippen LogP) is 4.14. The van der Waals surface area contributed by atoms with Crippen LogP contribution in [0.5, 0.6) is 0 Å². The van der Waals surface area contributed by atoms with Crippen molar-refractivity contribution < 1.29 is 0 Å². The molecule has 4 heteroatoms. The van der Waals surface area contributed by atoms with Gasteiger partial charge in [-0.05, 0) is 37.1 Å². The monoisotopic (exact) mass is 284 g/mol. The summed E-state index contributed by atoms with van der Waals surface area (Å²) in [4.78, 5) is 0. The van der Waals surface area contributed by atoms with Gasteiger partial charge in [0.2, 0.25) is 0 Å². The summed E-state index contributed by atoms with van der Waals surface area (Å²) in [5.41, 5.74) is 1.54. The van der Waals surface area contributed by atoms with E-state index in [9.17, 15) is 0 Å². The molecule has 0 radical (unpaired) electrons. The van der Waals surface area contributed by atoms with E-state index < -0.39 is 0 Å². The molecule has 1 fully saturated rings. The molecule has 2 N–H and O–H groups in total. The van der Waals surface area contributed by atoms with E-state index in [4.69, 9.17) is 28.6 Å². The Morgan fingerprint density at radius 2 is 2.17 bits per heavy atom. The number of hydrogen-bond donors (Lipinski definition) is 2. The number of rotatable bonds is 4. The number of halogens is 2. The lowest BCUT2D eigenvalue weighted by Crippen LogP contribution is -2.33. The summed E-state index contributed by atoms with van der Waals surface area (Å²) in [5, 5.41) is 12.9. The fourth-order valence-electron chi connectivity index (χ4n) is 2.73. The van der Waals surface area contributed by atoms with E-state index in [0.717, 1.165) is 37.9 Å². The molecule has 1 saturated heterocycles. The minimum Gasteiger partial charge on any atom is -0.316 e. The molecule has 1 heterocycles. The summed E-state index contributed by atoms with van der Waals surface area (Å²) in [7, 11) is 0. The van der Waals surface area contributed by atoms with Crippen molar-refractivity contribution in [3.63, 3.8) is 0 Å². The summed E-state index contributed by atoms with van der Waals surface area (Å²) in [6.07, 6.45) is 3.16. The topological polar surface area (TPSA) is 35.9 Å². The third-order valence-electron chi connectivity index (χ3n) is 3.71. The highest BCUT2D eigenvalue weighted by atomic mass is 35.5. The highest BCUT2D eigenvalue weighted by Gasteiger charge is 2.37. The molecule has 2 nitrogen and oxygen atoms in total. The van der Waals surface area contributed by atoms with Crippen LogP contribution in [0.25, 0.3) is 0 Å². The van der Waals surface area contributed by atoms with Crippen molar-refractivity contribution in [2.24, 2.45) is 5.41 Å². The second kappa shape index (κ2) is 5.60. The number of hydrogen-bond acceptors (Lipinski definition) is 2. The van der Waals surface area contributed by atoms with Gasteiger partial charge in [0.05, 0.1) is 10.0 Å². The summed E-state index contributed by atoms with van der Waals surface area (Å²) >= 11 is 12.0. The van der Waals surface area contributed by atoms with E-state index in [1.54, 1.807) is 6.07 Å². The molecule has 98 valence electrons. The van der Waals surface area contributed by atoms with Crippen LogP contribution in [0.2, 0.25) is 10.0 Å². The average molecular weight is 285 g/mol. The molecular weight excluding hydrogens is 267 g/mol. The molecule has 1 aliphatic heterocycles.